The van der Waals surface area contributed by atoms with Crippen molar-refractivity contribution in [2.75, 3.05) is 14.2 Å². The largest absolute Gasteiger partial charge is 0.516 e. The maximum absolute atomic E-state index is 14.8. The topological polar surface area (TPSA) is 71.8 Å². The quantitative estimate of drug-likeness (QED) is 0.737. The molecule has 150 valence electrons. The highest BCUT2D eigenvalue weighted by Crippen LogP contribution is 2.36. The third kappa shape index (κ3) is 3.16. The Balaban J connectivity index is 2.16. The predicted octanol–water partition coefficient (Wildman–Crippen LogP) is 1.83. The Hall–Kier alpha value is -2.46. The summed E-state index contributed by atoms with van der Waals surface area (Å²) in [6.45, 7) is 7.43. The van der Waals surface area contributed by atoms with Crippen LogP contribution in [0.5, 0.6) is 11.5 Å². The molecule has 1 fully saturated rings. The van der Waals surface area contributed by atoms with Crippen LogP contribution in [0.3, 0.4) is 0 Å². The smallest absolute Gasteiger partial charge is 0.493 e. The Morgan fingerprint density at radius 2 is 1.50 bits per heavy atom. The maximum atomic E-state index is 14.8. The van der Waals surface area contributed by atoms with Gasteiger partial charge in [-0.1, -0.05) is 0 Å². The molecule has 0 unspecified atom stereocenters. The normalized spacial score (nSPS) is 17.6. The summed E-state index contributed by atoms with van der Waals surface area (Å²) in [4.78, 5) is 12.3. The highest BCUT2D eigenvalue weighted by molar-refractivity contribution is 6.61. The highest BCUT2D eigenvalue weighted by atomic mass is 19.1. The maximum Gasteiger partial charge on any atom is 0.516 e. The molecule has 0 spiro atoms. The van der Waals surface area contributed by atoms with E-state index < -0.39 is 41.2 Å². The molecule has 10 heteroatoms. The lowest BCUT2D eigenvalue weighted by molar-refractivity contribution is 0.00578. The van der Waals surface area contributed by atoms with E-state index in [4.69, 9.17) is 18.8 Å². The SMILES string of the molecule is COc1cc(OC)c(F)c(-n2nc(B3OC(C)(C)C(C)(C)O3)ccc2=O)c1F. The standard InChI is InChI=1S/C18H21BF2N2O5/c1-17(2)18(3,4)28-19(27-17)12-7-8-13(24)23(22-12)16-14(20)10(25-5)9-11(26-6)15(16)21/h7-9H,1-6H3. The van der Waals surface area contributed by atoms with Crippen LogP contribution in [0.15, 0.2) is 23.0 Å². The van der Waals surface area contributed by atoms with E-state index in [0.717, 1.165) is 12.1 Å². The molecule has 0 aliphatic carbocycles. The van der Waals surface area contributed by atoms with Crippen LogP contribution in [0, 0.1) is 11.6 Å². The molecule has 1 aromatic heterocycles. The lowest BCUT2D eigenvalue weighted by Crippen LogP contribution is -2.41. The van der Waals surface area contributed by atoms with Crippen LogP contribution >= 0.6 is 0 Å². The van der Waals surface area contributed by atoms with Gasteiger partial charge in [-0.05, 0) is 33.8 Å². The zero-order valence-electron chi connectivity index (χ0n) is 16.5. The molecule has 1 aliphatic rings. The van der Waals surface area contributed by atoms with E-state index in [1.165, 1.54) is 20.3 Å². The molecule has 0 atom stereocenters. The Kier molecular flexibility index (Phi) is 4.97. The Bertz CT molecular complexity index is 933. The van der Waals surface area contributed by atoms with Gasteiger partial charge in [0, 0.05) is 12.1 Å². The van der Waals surface area contributed by atoms with Crippen LogP contribution in [0.4, 0.5) is 8.78 Å². The zero-order chi connectivity index (χ0) is 20.9. The van der Waals surface area contributed by atoms with Crippen LogP contribution < -0.4 is 20.6 Å². The fraction of sp³-hybridized carbons (Fsp3) is 0.444. The Morgan fingerprint density at radius 1 is 1.00 bits per heavy atom. The average molecular weight is 394 g/mol. The van der Waals surface area contributed by atoms with E-state index in [-0.39, 0.29) is 17.1 Å². The zero-order valence-corrected chi connectivity index (χ0v) is 16.5. The van der Waals surface area contributed by atoms with Crippen LogP contribution in [0.2, 0.25) is 0 Å². The van der Waals surface area contributed by atoms with E-state index in [2.05, 4.69) is 5.10 Å². The van der Waals surface area contributed by atoms with E-state index in [9.17, 15) is 13.6 Å². The van der Waals surface area contributed by atoms with Gasteiger partial charge >= 0.3 is 7.12 Å². The van der Waals surface area contributed by atoms with Crippen molar-refractivity contribution in [2.24, 2.45) is 0 Å². The van der Waals surface area contributed by atoms with Gasteiger partial charge in [0.1, 0.15) is 5.69 Å². The first kappa shape index (κ1) is 20.3. The summed E-state index contributed by atoms with van der Waals surface area (Å²) >= 11 is 0. The van der Waals surface area contributed by atoms with Crippen molar-refractivity contribution in [3.8, 4) is 17.2 Å². The number of methoxy groups -OCH3 is 2. The van der Waals surface area contributed by atoms with Crippen molar-refractivity contribution in [1.82, 2.24) is 9.78 Å². The molecule has 0 saturated carbocycles. The van der Waals surface area contributed by atoms with Gasteiger partial charge in [0.25, 0.3) is 5.56 Å². The Morgan fingerprint density at radius 3 is 1.96 bits per heavy atom. The molecule has 7 nitrogen and oxygen atoms in total. The van der Waals surface area contributed by atoms with Crippen molar-refractivity contribution in [2.45, 2.75) is 38.9 Å². The lowest BCUT2D eigenvalue weighted by Gasteiger charge is -2.32. The van der Waals surface area contributed by atoms with Crippen LogP contribution in [-0.2, 0) is 9.31 Å². The summed E-state index contributed by atoms with van der Waals surface area (Å²) in [6, 6.07) is 3.59. The minimum absolute atomic E-state index is 0.193. The van der Waals surface area contributed by atoms with Gasteiger partial charge in [-0.25, -0.2) is 8.78 Å². The fourth-order valence-corrected chi connectivity index (χ4v) is 2.73. The first-order valence-electron chi connectivity index (χ1n) is 8.58. The van der Waals surface area contributed by atoms with E-state index in [0.29, 0.717) is 4.68 Å². The molecule has 2 heterocycles. The van der Waals surface area contributed by atoms with Crippen LogP contribution in [-0.4, -0.2) is 42.3 Å². The highest BCUT2D eigenvalue weighted by Gasteiger charge is 2.52. The predicted molar refractivity (Wildman–Crippen MR) is 98.6 cm³/mol. The number of hydrogen-bond acceptors (Lipinski definition) is 6. The molecule has 0 radical (unpaired) electrons. The first-order chi connectivity index (χ1) is 13.0. The molecule has 1 saturated heterocycles. The Labute approximate surface area is 161 Å². The molecule has 1 aromatic carbocycles. The second kappa shape index (κ2) is 6.86. The number of rotatable bonds is 4. The number of nitrogens with zero attached hydrogens (tertiary/aromatic N) is 2. The number of halogens is 2. The van der Waals surface area contributed by atoms with E-state index >= 15 is 0 Å². The van der Waals surface area contributed by atoms with Gasteiger partial charge in [0.15, 0.2) is 23.1 Å². The van der Waals surface area contributed by atoms with Gasteiger partial charge in [-0.3, -0.25) is 4.79 Å². The molecule has 3 rings (SSSR count). The summed E-state index contributed by atoms with van der Waals surface area (Å²) in [7, 11) is 1.53. The molecule has 0 N–H and O–H groups in total. The summed E-state index contributed by atoms with van der Waals surface area (Å²) in [5, 5.41) is 4.09. The van der Waals surface area contributed by atoms with Gasteiger partial charge < -0.3 is 18.8 Å². The van der Waals surface area contributed by atoms with Gasteiger partial charge in [0.2, 0.25) is 0 Å². The molecular weight excluding hydrogens is 373 g/mol. The third-order valence-corrected chi connectivity index (χ3v) is 5.08. The summed E-state index contributed by atoms with van der Waals surface area (Å²) < 4.78 is 51.8. The van der Waals surface area contributed by atoms with Crippen LogP contribution in [0.25, 0.3) is 5.69 Å². The van der Waals surface area contributed by atoms with E-state index in [1.54, 1.807) is 0 Å². The second-order valence-electron chi connectivity index (χ2n) is 7.35. The molecule has 0 amide bonds. The van der Waals surface area contributed by atoms with Crippen molar-refractivity contribution < 1.29 is 27.6 Å². The van der Waals surface area contributed by atoms with Crippen LogP contribution in [0.1, 0.15) is 27.7 Å². The average Bonchev–Trinajstić information content (AvgIpc) is 2.84. The first-order valence-corrected chi connectivity index (χ1v) is 8.58. The third-order valence-electron chi connectivity index (χ3n) is 5.08. The molecule has 2 aromatic rings. The van der Waals surface area contributed by atoms with Gasteiger partial charge in [-0.15, -0.1) is 0 Å². The number of aromatic nitrogens is 2. The number of benzene rings is 1. The van der Waals surface area contributed by atoms with E-state index in [1.807, 2.05) is 27.7 Å². The molecular formula is C18H21BF2N2O5. The molecule has 1 aliphatic heterocycles. The minimum Gasteiger partial charge on any atom is -0.493 e. The fourth-order valence-electron chi connectivity index (χ4n) is 2.73. The summed E-state index contributed by atoms with van der Waals surface area (Å²) in [6.07, 6.45) is 0. The van der Waals surface area contributed by atoms with Gasteiger partial charge in [0.05, 0.1) is 31.0 Å². The molecule has 0 bridgehead atoms. The lowest BCUT2D eigenvalue weighted by atomic mass is 9.85. The van der Waals surface area contributed by atoms with Crippen molar-refractivity contribution in [1.29, 1.82) is 0 Å². The van der Waals surface area contributed by atoms with Crippen molar-refractivity contribution in [3.05, 3.63) is 40.2 Å². The second-order valence-corrected chi connectivity index (χ2v) is 7.35. The van der Waals surface area contributed by atoms with Crippen molar-refractivity contribution >= 4 is 12.7 Å². The summed E-state index contributed by atoms with van der Waals surface area (Å²) in [5.74, 6) is -2.74. The minimum atomic E-state index is -1.08. The molecule has 28 heavy (non-hydrogen) atoms. The summed E-state index contributed by atoms with van der Waals surface area (Å²) in [5.41, 5.74) is -2.54. The monoisotopic (exact) mass is 394 g/mol. The van der Waals surface area contributed by atoms with Gasteiger partial charge in [-0.2, -0.15) is 9.78 Å². The number of ether oxygens (including phenoxy) is 2. The number of hydrogen-bond donors (Lipinski definition) is 0. The van der Waals surface area contributed by atoms with Crippen molar-refractivity contribution in [3.63, 3.8) is 0 Å².